The van der Waals surface area contributed by atoms with Gasteiger partial charge >= 0.3 is 6.09 Å². The molecule has 24 heavy (non-hydrogen) atoms. The van der Waals surface area contributed by atoms with Crippen molar-refractivity contribution in [3.63, 3.8) is 0 Å². The Labute approximate surface area is 148 Å². The standard InChI is InChI=1S/C20H38N2O2/c1-15(2)13-22(17-9-7-16(3)8-10-17)18-11-12-21(14-18)19(23)24-20(4,5)6/h15-18H,7-14H2,1-6H3. The second-order valence-electron chi connectivity index (χ2n) is 9.37. The molecule has 1 atom stereocenters. The number of hydrogen-bond donors (Lipinski definition) is 0. The molecule has 1 heterocycles. The summed E-state index contributed by atoms with van der Waals surface area (Å²) in [6.07, 6.45) is 6.27. The summed E-state index contributed by atoms with van der Waals surface area (Å²) >= 11 is 0. The third-order valence-corrected chi connectivity index (χ3v) is 5.31. The molecule has 0 aromatic rings. The summed E-state index contributed by atoms with van der Waals surface area (Å²) < 4.78 is 5.56. The van der Waals surface area contributed by atoms with Crippen molar-refractivity contribution >= 4 is 6.09 Å². The third kappa shape index (κ3) is 5.65. The van der Waals surface area contributed by atoms with Gasteiger partial charge in [0, 0.05) is 31.7 Å². The predicted octanol–water partition coefficient (Wildman–Crippen LogP) is 4.53. The fourth-order valence-corrected chi connectivity index (χ4v) is 4.10. The van der Waals surface area contributed by atoms with E-state index in [-0.39, 0.29) is 6.09 Å². The Morgan fingerprint density at radius 2 is 1.75 bits per heavy atom. The van der Waals surface area contributed by atoms with Crippen molar-refractivity contribution in [2.75, 3.05) is 19.6 Å². The fourth-order valence-electron chi connectivity index (χ4n) is 4.10. The van der Waals surface area contributed by atoms with Crippen molar-refractivity contribution in [3.05, 3.63) is 0 Å². The smallest absolute Gasteiger partial charge is 0.410 e. The van der Waals surface area contributed by atoms with Gasteiger partial charge in [0.25, 0.3) is 0 Å². The van der Waals surface area contributed by atoms with Crippen molar-refractivity contribution in [1.29, 1.82) is 0 Å². The Kier molecular flexibility index (Phi) is 6.58. The number of ether oxygens (including phenoxy) is 1. The van der Waals surface area contributed by atoms with E-state index in [2.05, 4.69) is 25.7 Å². The van der Waals surface area contributed by atoms with E-state index in [0.29, 0.717) is 18.0 Å². The molecule has 0 bridgehead atoms. The highest BCUT2D eigenvalue weighted by atomic mass is 16.6. The van der Waals surface area contributed by atoms with E-state index in [1.807, 2.05) is 25.7 Å². The number of rotatable bonds is 4. The van der Waals surface area contributed by atoms with E-state index < -0.39 is 5.60 Å². The Bertz CT molecular complexity index is 408. The van der Waals surface area contributed by atoms with Crippen LogP contribution in [0.3, 0.4) is 0 Å². The maximum atomic E-state index is 12.4. The largest absolute Gasteiger partial charge is 0.444 e. The van der Waals surface area contributed by atoms with Crippen LogP contribution in [0.5, 0.6) is 0 Å². The first-order valence-corrected chi connectivity index (χ1v) is 9.89. The molecule has 0 radical (unpaired) electrons. The second-order valence-corrected chi connectivity index (χ2v) is 9.37. The van der Waals surface area contributed by atoms with E-state index in [9.17, 15) is 4.79 Å². The lowest BCUT2D eigenvalue weighted by Crippen LogP contribution is -2.48. The summed E-state index contributed by atoms with van der Waals surface area (Å²) in [5.41, 5.74) is -0.410. The van der Waals surface area contributed by atoms with Crippen molar-refractivity contribution in [1.82, 2.24) is 9.80 Å². The lowest BCUT2D eigenvalue weighted by atomic mass is 9.85. The highest BCUT2D eigenvalue weighted by Gasteiger charge is 2.36. The molecule has 0 spiro atoms. The summed E-state index contributed by atoms with van der Waals surface area (Å²) in [5.74, 6) is 1.55. The van der Waals surface area contributed by atoms with E-state index in [4.69, 9.17) is 4.74 Å². The molecule has 1 saturated heterocycles. The molecule has 0 N–H and O–H groups in total. The van der Waals surface area contributed by atoms with Gasteiger partial charge in [-0.3, -0.25) is 4.90 Å². The molecule has 2 rings (SSSR count). The summed E-state index contributed by atoms with van der Waals surface area (Å²) in [6, 6.07) is 1.20. The monoisotopic (exact) mass is 338 g/mol. The molecule has 1 aliphatic heterocycles. The lowest BCUT2D eigenvalue weighted by Gasteiger charge is -2.40. The fraction of sp³-hybridized carbons (Fsp3) is 0.950. The highest BCUT2D eigenvalue weighted by Crippen LogP contribution is 2.31. The second kappa shape index (κ2) is 8.07. The minimum absolute atomic E-state index is 0.147. The Balaban J connectivity index is 1.97. The van der Waals surface area contributed by atoms with Crippen molar-refractivity contribution in [3.8, 4) is 0 Å². The minimum Gasteiger partial charge on any atom is -0.444 e. The number of likely N-dealkylation sites (tertiary alicyclic amines) is 1. The number of nitrogens with zero attached hydrogens (tertiary/aromatic N) is 2. The molecular weight excluding hydrogens is 300 g/mol. The van der Waals surface area contributed by atoms with Crippen molar-refractivity contribution < 1.29 is 9.53 Å². The zero-order valence-corrected chi connectivity index (χ0v) is 16.7. The van der Waals surface area contributed by atoms with Crippen LogP contribution >= 0.6 is 0 Å². The molecule has 1 aliphatic carbocycles. The summed E-state index contributed by atoms with van der Waals surface area (Å²) in [4.78, 5) is 17.0. The molecule has 2 fully saturated rings. The molecule has 2 aliphatic rings. The molecule has 4 nitrogen and oxygen atoms in total. The Morgan fingerprint density at radius 3 is 2.29 bits per heavy atom. The number of hydrogen-bond acceptors (Lipinski definition) is 3. The highest BCUT2D eigenvalue weighted by molar-refractivity contribution is 5.68. The van der Waals surface area contributed by atoms with Crippen LogP contribution in [-0.4, -0.2) is 53.2 Å². The summed E-state index contributed by atoms with van der Waals surface area (Å²) in [7, 11) is 0. The number of carbonyl (C=O) groups is 1. The third-order valence-electron chi connectivity index (χ3n) is 5.31. The zero-order valence-electron chi connectivity index (χ0n) is 16.7. The predicted molar refractivity (Wildman–Crippen MR) is 99.2 cm³/mol. The van der Waals surface area contributed by atoms with Gasteiger partial charge in [-0.2, -0.15) is 0 Å². The molecule has 140 valence electrons. The van der Waals surface area contributed by atoms with E-state index in [1.54, 1.807) is 0 Å². The van der Waals surface area contributed by atoms with Crippen LogP contribution in [0.15, 0.2) is 0 Å². The van der Waals surface area contributed by atoms with Crippen LogP contribution < -0.4 is 0 Å². The van der Waals surface area contributed by atoms with Crippen LogP contribution in [0, 0.1) is 11.8 Å². The number of amides is 1. The van der Waals surface area contributed by atoms with Gasteiger partial charge < -0.3 is 9.64 Å². The minimum atomic E-state index is -0.410. The maximum absolute atomic E-state index is 12.4. The van der Waals surface area contributed by atoms with Gasteiger partial charge in [0.15, 0.2) is 0 Å². The summed E-state index contributed by atoms with van der Waals surface area (Å²) in [6.45, 7) is 15.6. The van der Waals surface area contributed by atoms with Crippen LogP contribution in [-0.2, 0) is 4.74 Å². The quantitative estimate of drug-likeness (QED) is 0.755. The topological polar surface area (TPSA) is 32.8 Å². The first-order chi connectivity index (χ1) is 11.2. The van der Waals surface area contributed by atoms with Gasteiger partial charge in [0.05, 0.1) is 0 Å². The van der Waals surface area contributed by atoms with Gasteiger partial charge in [-0.05, 0) is 64.7 Å². The zero-order chi connectivity index (χ0) is 17.9. The molecule has 0 aromatic heterocycles. The van der Waals surface area contributed by atoms with Gasteiger partial charge in [-0.25, -0.2) is 4.79 Å². The maximum Gasteiger partial charge on any atom is 0.410 e. The molecule has 0 aromatic carbocycles. The van der Waals surface area contributed by atoms with Gasteiger partial charge in [0.2, 0.25) is 0 Å². The van der Waals surface area contributed by atoms with Gasteiger partial charge in [-0.15, -0.1) is 0 Å². The van der Waals surface area contributed by atoms with Crippen molar-refractivity contribution in [2.45, 2.75) is 91.3 Å². The molecule has 1 unspecified atom stereocenters. The lowest BCUT2D eigenvalue weighted by molar-refractivity contribution is 0.0259. The Morgan fingerprint density at radius 1 is 1.12 bits per heavy atom. The molecule has 1 amide bonds. The summed E-state index contributed by atoms with van der Waals surface area (Å²) in [5, 5.41) is 0. The normalized spacial score (nSPS) is 28.7. The average molecular weight is 339 g/mol. The van der Waals surface area contributed by atoms with Gasteiger partial charge in [0.1, 0.15) is 5.60 Å². The molecule has 1 saturated carbocycles. The SMILES string of the molecule is CC(C)CN(C1CCC(C)CC1)C1CCN(C(=O)OC(C)(C)C)C1. The van der Waals surface area contributed by atoms with Crippen LogP contribution in [0.2, 0.25) is 0 Å². The van der Waals surface area contributed by atoms with Crippen molar-refractivity contribution in [2.24, 2.45) is 11.8 Å². The Hall–Kier alpha value is -0.770. The van der Waals surface area contributed by atoms with Crippen LogP contribution in [0.25, 0.3) is 0 Å². The molecular formula is C20H38N2O2. The first kappa shape index (κ1) is 19.6. The average Bonchev–Trinajstić information content (AvgIpc) is 2.93. The molecule has 4 heteroatoms. The van der Waals surface area contributed by atoms with E-state index in [0.717, 1.165) is 32.0 Å². The van der Waals surface area contributed by atoms with E-state index in [1.165, 1.54) is 25.7 Å². The van der Waals surface area contributed by atoms with E-state index >= 15 is 0 Å². The van der Waals surface area contributed by atoms with Crippen LogP contribution in [0.1, 0.15) is 73.6 Å². The van der Waals surface area contributed by atoms with Crippen LogP contribution in [0.4, 0.5) is 4.79 Å². The van der Waals surface area contributed by atoms with Gasteiger partial charge in [-0.1, -0.05) is 20.8 Å². The number of carbonyl (C=O) groups excluding carboxylic acids is 1. The first-order valence-electron chi connectivity index (χ1n) is 9.89.